The summed E-state index contributed by atoms with van der Waals surface area (Å²) in [6, 6.07) is 3.70. The average Bonchev–Trinajstić information content (AvgIpc) is 3.54. The number of anilines is 1. The van der Waals surface area contributed by atoms with Crippen LogP contribution in [0, 0.1) is 17.2 Å². The molecule has 0 radical (unpaired) electrons. The molecule has 1 saturated heterocycles. The quantitative estimate of drug-likeness (QED) is 0.509. The monoisotopic (exact) mass is 515 g/mol. The van der Waals surface area contributed by atoms with Gasteiger partial charge in [-0.2, -0.15) is 0 Å². The Morgan fingerprint density at radius 3 is 2.50 bits per heavy atom. The maximum Gasteiger partial charge on any atom is 0.319 e. The van der Waals surface area contributed by atoms with Gasteiger partial charge in [-0.15, -0.1) is 11.3 Å². The molecule has 1 aliphatic heterocycles. The molecule has 4 rings (SSSR count). The molecule has 2 aromatic rings. The van der Waals surface area contributed by atoms with Gasteiger partial charge in [0.25, 0.3) is 5.91 Å². The number of piperazine rings is 1. The van der Waals surface area contributed by atoms with Crippen molar-refractivity contribution in [3.05, 3.63) is 45.7 Å². The average molecular weight is 516 g/mol. The van der Waals surface area contributed by atoms with Gasteiger partial charge in [-0.05, 0) is 42.4 Å². The molecule has 10 heteroatoms. The minimum atomic E-state index is -0.637. The Morgan fingerprint density at radius 1 is 1.14 bits per heavy atom. The van der Waals surface area contributed by atoms with Crippen molar-refractivity contribution in [2.45, 2.75) is 46.6 Å². The van der Waals surface area contributed by atoms with E-state index >= 15 is 0 Å². The molecule has 3 amide bonds. The Kier molecular flexibility index (Phi) is 8.04. The molecule has 1 aliphatic carbocycles. The third-order valence-corrected chi connectivity index (χ3v) is 7.09. The highest BCUT2D eigenvalue weighted by atomic mass is 32.1. The number of urea groups is 1. The van der Waals surface area contributed by atoms with Gasteiger partial charge in [-0.3, -0.25) is 14.5 Å². The highest BCUT2D eigenvalue weighted by Gasteiger charge is 2.25. The largest absolute Gasteiger partial charge is 0.338 e. The molecule has 0 bridgehead atoms. The van der Waals surface area contributed by atoms with E-state index < -0.39 is 11.8 Å². The number of aromatic nitrogens is 1. The van der Waals surface area contributed by atoms with Crippen LogP contribution in [0.25, 0.3) is 0 Å². The standard InChI is InChI=1S/C26H34FN5O3S/c1-26(2,3)13-22(33)21-16-36-23(29-21)15-31-8-10-32(11-9-31)24(34)18-6-7-20(19(27)12-18)30-25(35)28-14-17-4-5-17/h6-7,12,16-17H,4-5,8-11,13-15H2,1-3H3,(H2,28,30,35). The minimum Gasteiger partial charge on any atom is -0.338 e. The van der Waals surface area contributed by atoms with E-state index in [1.54, 1.807) is 11.0 Å². The van der Waals surface area contributed by atoms with Crippen LogP contribution in [0.2, 0.25) is 0 Å². The van der Waals surface area contributed by atoms with E-state index in [9.17, 15) is 18.8 Å². The van der Waals surface area contributed by atoms with Crippen molar-refractivity contribution >= 4 is 34.7 Å². The van der Waals surface area contributed by atoms with Crippen molar-refractivity contribution in [1.29, 1.82) is 0 Å². The zero-order valence-corrected chi connectivity index (χ0v) is 21.9. The van der Waals surface area contributed by atoms with E-state index in [0.717, 1.165) is 17.8 Å². The Balaban J connectivity index is 1.25. The molecule has 0 spiro atoms. The molecule has 0 atom stereocenters. The molecule has 2 fully saturated rings. The number of thiazole rings is 1. The first kappa shape index (κ1) is 26.2. The first-order chi connectivity index (χ1) is 17.1. The zero-order chi connectivity index (χ0) is 25.9. The number of ketones is 1. The summed E-state index contributed by atoms with van der Waals surface area (Å²) >= 11 is 1.49. The van der Waals surface area contributed by atoms with E-state index in [2.05, 4.69) is 20.5 Å². The lowest BCUT2D eigenvalue weighted by atomic mass is 9.89. The number of hydrogen-bond donors (Lipinski definition) is 2. The number of carbonyl (C=O) groups is 3. The van der Waals surface area contributed by atoms with Gasteiger partial charge in [0.15, 0.2) is 5.78 Å². The van der Waals surface area contributed by atoms with Crippen molar-refractivity contribution in [3.8, 4) is 0 Å². The van der Waals surface area contributed by atoms with Crippen molar-refractivity contribution in [2.24, 2.45) is 11.3 Å². The van der Waals surface area contributed by atoms with E-state index in [4.69, 9.17) is 0 Å². The molecule has 2 N–H and O–H groups in total. The van der Waals surface area contributed by atoms with Crippen LogP contribution in [0.5, 0.6) is 0 Å². The van der Waals surface area contributed by atoms with Crippen LogP contribution in [0.3, 0.4) is 0 Å². The van der Waals surface area contributed by atoms with Gasteiger partial charge in [0.1, 0.15) is 16.5 Å². The third kappa shape index (κ3) is 7.33. The molecule has 8 nitrogen and oxygen atoms in total. The Morgan fingerprint density at radius 2 is 1.86 bits per heavy atom. The van der Waals surface area contributed by atoms with Gasteiger partial charge in [0.05, 0.1) is 12.2 Å². The smallest absolute Gasteiger partial charge is 0.319 e. The summed E-state index contributed by atoms with van der Waals surface area (Å²) in [7, 11) is 0. The second kappa shape index (κ2) is 11.0. The fourth-order valence-electron chi connectivity index (χ4n) is 4.04. The predicted octanol–water partition coefficient (Wildman–Crippen LogP) is 4.39. The molecule has 1 aromatic heterocycles. The highest BCUT2D eigenvalue weighted by molar-refractivity contribution is 7.09. The Hall–Kier alpha value is -2.85. The minimum absolute atomic E-state index is 0.0495. The van der Waals surface area contributed by atoms with Crippen LogP contribution in [0.1, 0.15) is 65.9 Å². The van der Waals surface area contributed by atoms with E-state index in [1.165, 1.54) is 23.5 Å². The molecule has 194 valence electrons. The summed E-state index contributed by atoms with van der Waals surface area (Å²) in [5.74, 6) is -0.278. The first-order valence-electron chi connectivity index (χ1n) is 12.4. The van der Waals surface area contributed by atoms with Gasteiger partial charge < -0.3 is 15.5 Å². The van der Waals surface area contributed by atoms with Crippen LogP contribution in [0.4, 0.5) is 14.9 Å². The summed E-state index contributed by atoms with van der Waals surface area (Å²) in [4.78, 5) is 45.7. The molecule has 36 heavy (non-hydrogen) atoms. The van der Waals surface area contributed by atoms with Crippen molar-refractivity contribution in [2.75, 3.05) is 38.0 Å². The number of benzene rings is 1. The number of rotatable bonds is 8. The molecular formula is C26H34FN5O3S. The fraction of sp³-hybridized carbons (Fsp3) is 0.538. The summed E-state index contributed by atoms with van der Waals surface area (Å²) in [5, 5.41) is 7.95. The second-order valence-corrected chi connectivity index (χ2v) is 11.8. The Bertz CT molecular complexity index is 1120. The fourth-order valence-corrected chi connectivity index (χ4v) is 4.88. The van der Waals surface area contributed by atoms with E-state index in [0.29, 0.717) is 57.3 Å². The number of halogens is 1. The molecule has 2 aliphatic rings. The summed E-state index contributed by atoms with van der Waals surface area (Å²) < 4.78 is 14.6. The van der Waals surface area contributed by atoms with Gasteiger partial charge in [0.2, 0.25) is 0 Å². The predicted molar refractivity (Wildman–Crippen MR) is 138 cm³/mol. The van der Waals surface area contributed by atoms with Crippen LogP contribution in [0.15, 0.2) is 23.6 Å². The highest BCUT2D eigenvalue weighted by Crippen LogP contribution is 2.27. The third-order valence-electron chi connectivity index (χ3n) is 6.26. The lowest BCUT2D eigenvalue weighted by molar-refractivity contribution is 0.0627. The second-order valence-electron chi connectivity index (χ2n) is 10.8. The van der Waals surface area contributed by atoms with Crippen molar-refractivity contribution in [3.63, 3.8) is 0 Å². The van der Waals surface area contributed by atoms with Crippen molar-refractivity contribution < 1.29 is 18.8 Å². The number of hydrogen-bond acceptors (Lipinski definition) is 6. The molecule has 1 saturated carbocycles. The number of carbonyl (C=O) groups excluding carboxylic acids is 3. The van der Waals surface area contributed by atoms with Crippen LogP contribution >= 0.6 is 11.3 Å². The molecule has 1 aromatic carbocycles. The summed E-state index contributed by atoms with van der Waals surface area (Å²) in [6.45, 7) is 9.70. The number of amides is 3. The topological polar surface area (TPSA) is 94.6 Å². The van der Waals surface area contributed by atoms with Gasteiger partial charge in [-0.1, -0.05) is 20.8 Å². The maximum absolute atomic E-state index is 14.6. The number of nitrogens with one attached hydrogen (secondary N) is 2. The van der Waals surface area contributed by atoms with Crippen LogP contribution in [-0.2, 0) is 6.54 Å². The summed E-state index contributed by atoms with van der Waals surface area (Å²) in [5.41, 5.74) is 0.757. The number of Topliss-reactive ketones (excluding diaryl/α,β-unsaturated/α-hetero) is 1. The lowest BCUT2D eigenvalue weighted by Gasteiger charge is -2.34. The summed E-state index contributed by atoms with van der Waals surface area (Å²) in [6.07, 6.45) is 2.69. The first-order valence-corrected chi connectivity index (χ1v) is 13.3. The van der Waals surface area contributed by atoms with E-state index in [1.807, 2.05) is 26.2 Å². The SMILES string of the molecule is CC(C)(C)CC(=O)c1csc(CN2CCN(C(=O)c3ccc(NC(=O)NCC4CC4)c(F)c3)CC2)n1. The molecule has 0 unspecified atom stereocenters. The lowest BCUT2D eigenvalue weighted by Crippen LogP contribution is -2.48. The molecule has 2 heterocycles. The van der Waals surface area contributed by atoms with Crippen molar-refractivity contribution in [1.82, 2.24) is 20.1 Å². The maximum atomic E-state index is 14.6. The zero-order valence-electron chi connectivity index (χ0n) is 21.1. The molecular weight excluding hydrogens is 481 g/mol. The van der Waals surface area contributed by atoms with Crippen LogP contribution in [-0.4, -0.2) is 65.2 Å². The number of nitrogens with zero attached hydrogens (tertiary/aromatic N) is 3. The van der Waals surface area contributed by atoms with Crippen LogP contribution < -0.4 is 10.6 Å². The van der Waals surface area contributed by atoms with Gasteiger partial charge >= 0.3 is 6.03 Å². The Labute approximate surface area is 215 Å². The normalized spacial score (nSPS) is 16.6. The van der Waals surface area contributed by atoms with Gasteiger partial charge in [0, 0.05) is 50.1 Å². The van der Waals surface area contributed by atoms with E-state index in [-0.39, 0.29) is 28.4 Å². The van der Waals surface area contributed by atoms with Gasteiger partial charge in [-0.25, -0.2) is 14.2 Å².